The number of anilines is 1. The maximum absolute atomic E-state index is 14.0. The molecule has 0 saturated heterocycles. The Morgan fingerprint density at radius 3 is 2.62 bits per heavy atom. The normalized spacial score (nSPS) is 10.8. The van der Waals surface area contributed by atoms with Gasteiger partial charge >= 0.3 is 0 Å². The number of hydrogen-bond acceptors (Lipinski definition) is 2. The first-order valence-electron chi connectivity index (χ1n) is 6.44. The number of rotatable bonds is 2. The first-order valence-corrected chi connectivity index (χ1v) is 6.81. The summed E-state index contributed by atoms with van der Waals surface area (Å²) in [4.78, 5) is 0. The topological polar surface area (TPSA) is 43.8 Å². The molecule has 5 heteroatoms. The van der Waals surface area contributed by atoms with Crippen molar-refractivity contribution in [3.8, 4) is 16.9 Å². The van der Waals surface area contributed by atoms with E-state index < -0.39 is 5.82 Å². The summed E-state index contributed by atoms with van der Waals surface area (Å²) in [6, 6.07) is 14.0. The summed E-state index contributed by atoms with van der Waals surface area (Å²) in [7, 11) is 0. The molecule has 0 aliphatic rings. The number of halogens is 2. The molecule has 1 aromatic heterocycles. The number of nitrogens with zero attached hydrogens (tertiary/aromatic N) is 2. The average Bonchev–Trinajstić information content (AvgIpc) is 2.81. The van der Waals surface area contributed by atoms with E-state index in [2.05, 4.69) is 5.10 Å². The van der Waals surface area contributed by atoms with Gasteiger partial charge in [-0.1, -0.05) is 41.9 Å². The van der Waals surface area contributed by atoms with Crippen molar-refractivity contribution in [3.05, 3.63) is 64.9 Å². The highest BCUT2D eigenvalue weighted by Gasteiger charge is 2.15. The minimum atomic E-state index is -0.464. The van der Waals surface area contributed by atoms with Gasteiger partial charge in [-0.05, 0) is 24.6 Å². The molecule has 106 valence electrons. The van der Waals surface area contributed by atoms with E-state index in [1.807, 2.05) is 31.2 Å². The number of para-hydroxylation sites is 1. The lowest BCUT2D eigenvalue weighted by molar-refractivity contribution is 0.612. The molecule has 0 saturated carbocycles. The van der Waals surface area contributed by atoms with E-state index in [0.717, 1.165) is 11.1 Å². The van der Waals surface area contributed by atoms with Crippen LogP contribution in [-0.2, 0) is 0 Å². The van der Waals surface area contributed by atoms with Crippen molar-refractivity contribution in [2.75, 3.05) is 5.73 Å². The molecule has 0 unspecified atom stereocenters. The lowest BCUT2D eigenvalue weighted by atomic mass is 10.1. The molecular formula is C16H13ClFN3. The molecule has 0 radical (unpaired) electrons. The van der Waals surface area contributed by atoms with Crippen LogP contribution in [0.1, 0.15) is 5.56 Å². The summed E-state index contributed by atoms with van der Waals surface area (Å²) < 4.78 is 15.3. The summed E-state index contributed by atoms with van der Waals surface area (Å²) in [5, 5.41) is 4.66. The third-order valence-corrected chi connectivity index (χ3v) is 3.61. The summed E-state index contributed by atoms with van der Waals surface area (Å²) in [6.07, 6.45) is 0. The van der Waals surface area contributed by atoms with Crippen LogP contribution in [0.15, 0.2) is 48.5 Å². The zero-order chi connectivity index (χ0) is 15.0. The largest absolute Gasteiger partial charge is 0.384 e. The maximum atomic E-state index is 14.0. The molecule has 0 atom stereocenters. The zero-order valence-electron chi connectivity index (χ0n) is 11.3. The quantitative estimate of drug-likeness (QED) is 0.770. The molecule has 2 aromatic carbocycles. The molecule has 0 fully saturated rings. The van der Waals surface area contributed by atoms with Gasteiger partial charge in [-0.25, -0.2) is 9.07 Å². The molecular weight excluding hydrogens is 289 g/mol. The van der Waals surface area contributed by atoms with E-state index in [4.69, 9.17) is 17.3 Å². The van der Waals surface area contributed by atoms with Crippen molar-refractivity contribution >= 4 is 17.4 Å². The molecule has 0 amide bonds. The summed E-state index contributed by atoms with van der Waals surface area (Å²) >= 11 is 6.07. The Hall–Kier alpha value is -2.33. The second-order valence-electron chi connectivity index (χ2n) is 4.75. The highest BCUT2D eigenvalue weighted by atomic mass is 35.5. The molecule has 2 N–H and O–H groups in total. The average molecular weight is 302 g/mol. The van der Waals surface area contributed by atoms with Gasteiger partial charge in [-0.2, -0.15) is 5.10 Å². The second-order valence-corrected chi connectivity index (χ2v) is 5.16. The number of aromatic nitrogens is 2. The lowest BCUT2D eigenvalue weighted by Crippen LogP contribution is -2.05. The minimum Gasteiger partial charge on any atom is -0.384 e. The van der Waals surface area contributed by atoms with Crippen LogP contribution in [0.5, 0.6) is 0 Å². The van der Waals surface area contributed by atoms with Crippen molar-refractivity contribution in [1.82, 2.24) is 9.78 Å². The molecule has 0 spiro atoms. The number of hydrogen-bond donors (Lipinski definition) is 1. The van der Waals surface area contributed by atoms with Crippen LogP contribution in [0.2, 0.25) is 5.02 Å². The third kappa shape index (κ3) is 2.38. The van der Waals surface area contributed by atoms with E-state index in [-0.39, 0.29) is 10.7 Å². The van der Waals surface area contributed by atoms with Gasteiger partial charge in [0.25, 0.3) is 0 Å². The number of benzene rings is 2. The molecule has 3 aromatic rings. The summed E-state index contributed by atoms with van der Waals surface area (Å²) in [5.74, 6) is -0.131. The predicted octanol–water partition coefficient (Wildman–Crippen LogP) is 4.22. The highest BCUT2D eigenvalue weighted by molar-refractivity contribution is 6.32. The second kappa shape index (κ2) is 5.22. The molecule has 0 bridgehead atoms. The van der Waals surface area contributed by atoms with Gasteiger partial charge in [-0.15, -0.1) is 0 Å². The van der Waals surface area contributed by atoms with Gasteiger partial charge in [0.05, 0.1) is 10.7 Å². The SMILES string of the molecule is Cc1ccccc1-c1cc(N)n(-c2c(F)cccc2Cl)n1. The van der Waals surface area contributed by atoms with E-state index in [1.54, 1.807) is 18.2 Å². The number of nitrogen functional groups attached to an aromatic ring is 1. The zero-order valence-corrected chi connectivity index (χ0v) is 12.1. The monoisotopic (exact) mass is 301 g/mol. The van der Waals surface area contributed by atoms with Gasteiger partial charge < -0.3 is 5.73 Å². The standard InChI is InChI=1S/C16H13ClFN3/c1-10-5-2-3-6-11(10)14-9-15(19)21(20-14)16-12(17)7-4-8-13(16)18/h2-9H,19H2,1H3. The van der Waals surface area contributed by atoms with Crippen LogP contribution in [0.3, 0.4) is 0 Å². The predicted molar refractivity (Wildman–Crippen MR) is 83.1 cm³/mol. The third-order valence-electron chi connectivity index (χ3n) is 3.31. The van der Waals surface area contributed by atoms with Crippen LogP contribution >= 0.6 is 11.6 Å². The van der Waals surface area contributed by atoms with Gasteiger partial charge in [0, 0.05) is 11.6 Å². The molecule has 0 aliphatic heterocycles. The van der Waals surface area contributed by atoms with Gasteiger partial charge in [0.2, 0.25) is 0 Å². The van der Waals surface area contributed by atoms with Crippen LogP contribution in [-0.4, -0.2) is 9.78 Å². The fourth-order valence-electron chi connectivity index (χ4n) is 2.26. The minimum absolute atomic E-state index is 0.163. The number of nitrogens with two attached hydrogens (primary N) is 1. The molecule has 3 rings (SSSR count). The maximum Gasteiger partial charge on any atom is 0.150 e. The van der Waals surface area contributed by atoms with Gasteiger partial charge in [0.1, 0.15) is 17.3 Å². The van der Waals surface area contributed by atoms with Crippen LogP contribution < -0.4 is 5.73 Å². The highest BCUT2D eigenvalue weighted by Crippen LogP contribution is 2.29. The molecule has 0 aliphatic carbocycles. The van der Waals surface area contributed by atoms with Crippen molar-refractivity contribution in [3.63, 3.8) is 0 Å². The Bertz CT molecular complexity index is 791. The molecule has 1 heterocycles. The van der Waals surface area contributed by atoms with Crippen molar-refractivity contribution < 1.29 is 4.39 Å². The Labute approximate surface area is 126 Å². The Kier molecular flexibility index (Phi) is 3.39. The van der Waals surface area contributed by atoms with E-state index >= 15 is 0 Å². The van der Waals surface area contributed by atoms with Crippen molar-refractivity contribution in [2.24, 2.45) is 0 Å². The smallest absolute Gasteiger partial charge is 0.150 e. The van der Waals surface area contributed by atoms with Crippen molar-refractivity contribution in [1.29, 1.82) is 0 Å². The van der Waals surface area contributed by atoms with Gasteiger partial charge in [0.15, 0.2) is 0 Å². The van der Waals surface area contributed by atoms with Gasteiger partial charge in [-0.3, -0.25) is 0 Å². The van der Waals surface area contributed by atoms with Crippen LogP contribution in [0, 0.1) is 12.7 Å². The Morgan fingerprint density at radius 2 is 1.90 bits per heavy atom. The first-order chi connectivity index (χ1) is 10.1. The van der Waals surface area contributed by atoms with Crippen molar-refractivity contribution in [2.45, 2.75) is 6.92 Å². The Balaban J connectivity index is 2.18. The summed E-state index contributed by atoms with van der Waals surface area (Å²) in [5.41, 5.74) is 8.85. The molecule has 21 heavy (non-hydrogen) atoms. The fraction of sp³-hybridized carbons (Fsp3) is 0.0625. The lowest BCUT2D eigenvalue weighted by Gasteiger charge is -2.07. The summed E-state index contributed by atoms with van der Waals surface area (Å²) in [6.45, 7) is 1.99. The van der Waals surface area contributed by atoms with E-state index in [0.29, 0.717) is 11.5 Å². The Morgan fingerprint density at radius 1 is 1.14 bits per heavy atom. The van der Waals surface area contributed by atoms with Crippen LogP contribution in [0.25, 0.3) is 16.9 Å². The first kappa shape index (κ1) is 13.6. The van der Waals surface area contributed by atoms with E-state index in [1.165, 1.54) is 10.7 Å². The number of aryl methyl sites for hydroxylation is 1. The van der Waals surface area contributed by atoms with Crippen LogP contribution in [0.4, 0.5) is 10.2 Å². The molecule has 3 nitrogen and oxygen atoms in total. The van der Waals surface area contributed by atoms with E-state index in [9.17, 15) is 4.39 Å². The fourth-order valence-corrected chi connectivity index (χ4v) is 2.50.